The van der Waals surface area contributed by atoms with E-state index in [0.29, 0.717) is 5.88 Å². The normalized spacial score (nSPS) is 18.8. The molecule has 0 aromatic carbocycles. The molecule has 100 valence electrons. The Labute approximate surface area is 108 Å². The van der Waals surface area contributed by atoms with Crippen LogP contribution >= 0.6 is 0 Å². The average Bonchev–Trinajstić information content (AvgIpc) is 2.39. The molecular weight excluding hydrogens is 228 g/mol. The summed E-state index contributed by atoms with van der Waals surface area (Å²) in [5.74, 6) is 1.40. The molecule has 2 heterocycles. The third-order valence-corrected chi connectivity index (χ3v) is 3.77. The van der Waals surface area contributed by atoms with E-state index in [-0.39, 0.29) is 5.41 Å². The molecule has 0 aliphatic carbocycles. The van der Waals surface area contributed by atoms with E-state index in [0.717, 1.165) is 44.1 Å². The summed E-state index contributed by atoms with van der Waals surface area (Å²) in [7, 11) is 1.63. The molecule has 0 saturated carbocycles. The summed E-state index contributed by atoms with van der Waals surface area (Å²) in [6.45, 7) is 6.88. The average molecular weight is 250 g/mol. The second-order valence-corrected chi connectivity index (χ2v) is 5.35. The fourth-order valence-electron chi connectivity index (χ4n) is 2.22. The maximum absolute atomic E-state index is 5.82. The largest absolute Gasteiger partial charge is 0.481 e. The van der Waals surface area contributed by atoms with E-state index in [4.69, 9.17) is 10.5 Å². The van der Waals surface area contributed by atoms with Crippen LogP contribution in [0.1, 0.15) is 25.5 Å². The van der Waals surface area contributed by atoms with Gasteiger partial charge in [-0.3, -0.25) is 0 Å². The molecule has 0 amide bonds. The lowest BCUT2D eigenvalue weighted by Gasteiger charge is -2.38. The van der Waals surface area contributed by atoms with Crippen molar-refractivity contribution in [1.82, 2.24) is 9.97 Å². The van der Waals surface area contributed by atoms with Crippen molar-refractivity contribution in [2.75, 3.05) is 31.6 Å². The number of nitrogens with two attached hydrogens (primary N) is 1. The number of aryl methyl sites for hydroxylation is 1. The number of piperidine rings is 1. The van der Waals surface area contributed by atoms with Gasteiger partial charge in [-0.15, -0.1) is 0 Å². The van der Waals surface area contributed by atoms with Gasteiger partial charge in [0.25, 0.3) is 0 Å². The highest BCUT2D eigenvalue weighted by molar-refractivity contribution is 5.35. The topological polar surface area (TPSA) is 64.3 Å². The Morgan fingerprint density at radius 1 is 1.39 bits per heavy atom. The van der Waals surface area contributed by atoms with Crippen LogP contribution in [-0.4, -0.2) is 36.7 Å². The lowest BCUT2D eigenvalue weighted by Crippen LogP contribution is -2.42. The second kappa shape index (κ2) is 5.10. The molecule has 1 fully saturated rings. The predicted molar refractivity (Wildman–Crippen MR) is 71.9 cm³/mol. The SMILES string of the molecule is COc1cc(C)nc(N2CCC(C)(CN)CC2)n1. The van der Waals surface area contributed by atoms with Crippen LogP contribution in [0.2, 0.25) is 0 Å². The summed E-state index contributed by atoms with van der Waals surface area (Å²) >= 11 is 0. The lowest BCUT2D eigenvalue weighted by atomic mass is 9.81. The van der Waals surface area contributed by atoms with Crippen LogP contribution < -0.4 is 15.4 Å². The number of rotatable bonds is 3. The first kappa shape index (κ1) is 13.1. The van der Waals surface area contributed by atoms with Gasteiger partial charge < -0.3 is 15.4 Å². The fourth-order valence-corrected chi connectivity index (χ4v) is 2.22. The van der Waals surface area contributed by atoms with Crippen molar-refractivity contribution in [1.29, 1.82) is 0 Å². The quantitative estimate of drug-likeness (QED) is 0.877. The molecule has 0 unspecified atom stereocenters. The van der Waals surface area contributed by atoms with Crippen molar-refractivity contribution in [3.63, 3.8) is 0 Å². The minimum atomic E-state index is 0.268. The van der Waals surface area contributed by atoms with Gasteiger partial charge in [-0.25, -0.2) is 4.98 Å². The number of anilines is 1. The molecule has 1 saturated heterocycles. The van der Waals surface area contributed by atoms with Gasteiger partial charge in [-0.2, -0.15) is 4.98 Å². The second-order valence-electron chi connectivity index (χ2n) is 5.35. The van der Waals surface area contributed by atoms with Crippen molar-refractivity contribution in [3.8, 4) is 5.88 Å². The van der Waals surface area contributed by atoms with E-state index in [1.807, 2.05) is 13.0 Å². The molecule has 2 N–H and O–H groups in total. The lowest BCUT2D eigenvalue weighted by molar-refractivity contribution is 0.257. The molecule has 5 heteroatoms. The van der Waals surface area contributed by atoms with Crippen molar-refractivity contribution >= 4 is 5.95 Å². The van der Waals surface area contributed by atoms with Crippen molar-refractivity contribution in [2.24, 2.45) is 11.1 Å². The number of hydrogen-bond donors (Lipinski definition) is 1. The summed E-state index contributed by atoms with van der Waals surface area (Å²) in [6.07, 6.45) is 2.17. The fraction of sp³-hybridized carbons (Fsp3) is 0.692. The van der Waals surface area contributed by atoms with Crippen LogP contribution in [-0.2, 0) is 0 Å². The van der Waals surface area contributed by atoms with E-state index in [9.17, 15) is 0 Å². The van der Waals surface area contributed by atoms with Crippen LogP contribution in [0.3, 0.4) is 0 Å². The van der Waals surface area contributed by atoms with Gasteiger partial charge in [0.2, 0.25) is 11.8 Å². The van der Waals surface area contributed by atoms with Crippen LogP contribution in [0, 0.1) is 12.3 Å². The first-order chi connectivity index (χ1) is 8.56. The van der Waals surface area contributed by atoms with Gasteiger partial charge in [0, 0.05) is 24.8 Å². The van der Waals surface area contributed by atoms with Crippen molar-refractivity contribution < 1.29 is 4.74 Å². The Morgan fingerprint density at radius 3 is 2.61 bits per heavy atom. The molecule has 0 atom stereocenters. The molecule has 18 heavy (non-hydrogen) atoms. The van der Waals surface area contributed by atoms with Gasteiger partial charge in [0.15, 0.2) is 0 Å². The monoisotopic (exact) mass is 250 g/mol. The highest BCUT2D eigenvalue weighted by Crippen LogP contribution is 2.31. The van der Waals surface area contributed by atoms with Gasteiger partial charge in [0.05, 0.1) is 7.11 Å². The van der Waals surface area contributed by atoms with E-state index in [1.54, 1.807) is 7.11 Å². The molecule has 0 bridgehead atoms. The third-order valence-electron chi connectivity index (χ3n) is 3.77. The third kappa shape index (κ3) is 2.72. The smallest absolute Gasteiger partial charge is 0.228 e. The molecule has 1 aliphatic heterocycles. The zero-order chi connectivity index (χ0) is 13.2. The molecule has 1 aliphatic rings. The molecular formula is C13H22N4O. The van der Waals surface area contributed by atoms with Crippen molar-refractivity contribution in [2.45, 2.75) is 26.7 Å². The van der Waals surface area contributed by atoms with Crippen LogP contribution in [0.15, 0.2) is 6.07 Å². The standard InChI is InChI=1S/C13H22N4O/c1-10-8-11(18-3)16-12(15-10)17-6-4-13(2,9-14)5-7-17/h8H,4-7,9,14H2,1-3H3. The van der Waals surface area contributed by atoms with Crippen molar-refractivity contribution in [3.05, 3.63) is 11.8 Å². The highest BCUT2D eigenvalue weighted by Gasteiger charge is 2.29. The van der Waals surface area contributed by atoms with Gasteiger partial charge >= 0.3 is 0 Å². The zero-order valence-electron chi connectivity index (χ0n) is 11.4. The van der Waals surface area contributed by atoms with Crippen LogP contribution in [0.4, 0.5) is 5.95 Å². The molecule has 0 radical (unpaired) electrons. The summed E-state index contributed by atoms with van der Waals surface area (Å²) in [6, 6.07) is 1.84. The maximum atomic E-state index is 5.82. The number of methoxy groups -OCH3 is 1. The number of ether oxygens (including phenoxy) is 1. The molecule has 1 aromatic heterocycles. The molecule has 5 nitrogen and oxygen atoms in total. The van der Waals surface area contributed by atoms with E-state index < -0.39 is 0 Å². The summed E-state index contributed by atoms with van der Waals surface area (Å²) < 4.78 is 5.19. The van der Waals surface area contributed by atoms with Crippen LogP contribution in [0.25, 0.3) is 0 Å². The minimum absolute atomic E-state index is 0.268. The number of aromatic nitrogens is 2. The summed E-state index contributed by atoms with van der Waals surface area (Å²) in [5, 5.41) is 0. The van der Waals surface area contributed by atoms with Crippen LogP contribution in [0.5, 0.6) is 5.88 Å². The van der Waals surface area contributed by atoms with Gasteiger partial charge in [0.1, 0.15) is 0 Å². The molecule has 1 aromatic rings. The first-order valence-electron chi connectivity index (χ1n) is 6.41. The maximum Gasteiger partial charge on any atom is 0.228 e. The minimum Gasteiger partial charge on any atom is -0.481 e. The molecule has 0 spiro atoms. The van der Waals surface area contributed by atoms with E-state index in [1.165, 1.54) is 0 Å². The summed E-state index contributed by atoms with van der Waals surface area (Å²) in [5.41, 5.74) is 7.02. The van der Waals surface area contributed by atoms with E-state index >= 15 is 0 Å². The predicted octanol–water partition coefficient (Wildman–Crippen LogP) is 1.36. The zero-order valence-corrected chi connectivity index (χ0v) is 11.4. The van der Waals surface area contributed by atoms with E-state index in [2.05, 4.69) is 21.8 Å². The number of nitrogens with zero attached hydrogens (tertiary/aromatic N) is 3. The first-order valence-corrected chi connectivity index (χ1v) is 6.41. The Balaban J connectivity index is 2.12. The Bertz CT molecular complexity index is 413. The van der Waals surface area contributed by atoms with Gasteiger partial charge in [-0.05, 0) is 31.7 Å². The summed E-state index contributed by atoms with van der Waals surface area (Å²) in [4.78, 5) is 11.1. The number of hydrogen-bond acceptors (Lipinski definition) is 5. The molecule has 2 rings (SSSR count). The highest BCUT2D eigenvalue weighted by atomic mass is 16.5. The Morgan fingerprint density at radius 2 is 2.06 bits per heavy atom. The Kier molecular flexibility index (Phi) is 3.71. The Hall–Kier alpha value is -1.36. The van der Waals surface area contributed by atoms with Gasteiger partial charge in [-0.1, -0.05) is 6.92 Å².